The first-order valence-electron chi connectivity index (χ1n) is 9.53. The number of carbonyl (C=O) groups excluding carboxylic acids is 1. The van der Waals surface area contributed by atoms with E-state index in [1.54, 1.807) is 0 Å². The van der Waals surface area contributed by atoms with Gasteiger partial charge in [0.2, 0.25) is 11.8 Å². The second-order valence-electron chi connectivity index (χ2n) is 7.22. The van der Waals surface area contributed by atoms with Gasteiger partial charge in [0.1, 0.15) is 6.04 Å². The van der Waals surface area contributed by atoms with Crippen molar-refractivity contribution in [1.29, 1.82) is 0 Å². The van der Waals surface area contributed by atoms with Gasteiger partial charge in [-0.15, -0.1) is 0 Å². The van der Waals surface area contributed by atoms with Crippen molar-refractivity contribution in [2.75, 3.05) is 19.8 Å². The minimum absolute atomic E-state index is 0.0974. The number of rotatable bonds is 8. The lowest BCUT2D eigenvalue weighted by atomic mass is 10.1. The molecule has 1 aliphatic heterocycles. The van der Waals surface area contributed by atoms with Crippen molar-refractivity contribution in [3.8, 4) is 0 Å². The third-order valence-corrected chi connectivity index (χ3v) is 5.06. The fourth-order valence-corrected chi connectivity index (χ4v) is 3.40. The monoisotopic (exact) mass is 355 g/mol. The van der Waals surface area contributed by atoms with Crippen LogP contribution in [0, 0.1) is 5.92 Å². The van der Waals surface area contributed by atoms with E-state index in [9.17, 15) is 4.79 Å². The molecule has 2 heterocycles. The highest BCUT2D eigenvalue weighted by Crippen LogP contribution is 2.31. The Morgan fingerprint density at radius 1 is 1.23 bits per heavy atom. The van der Waals surface area contributed by atoms with Crippen molar-refractivity contribution in [2.45, 2.75) is 44.6 Å². The molecule has 4 rings (SSSR count). The summed E-state index contributed by atoms with van der Waals surface area (Å²) in [6.07, 6.45) is 5.49. The van der Waals surface area contributed by atoms with Crippen molar-refractivity contribution in [2.24, 2.45) is 5.92 Å². The number of hydrogen-bond donors (Lipinski definition) is 0. The Labute approximate surface area is 153 Å². The average Bonchev–Trinajstić information content (AvgIpc) is 3.16. The smallest absolute Gasteiger partial charge is 0.249 e. The Hall–Kier alpha value is -2.21. The largest absolute Gasteiger partial charge is 0.381 e. The number of amides is 1. The van der Waals surface area contributed by atoms with E-state index in [-0.39, 0.29) is 11.9 Å². The summed E-state index contributed by atoms with van der Waals surface area (Å²) in [6, 6.07) is 9.74. The summed E-state index contributed by atoms with van der Waals surface area (Å²) >= 11 is 0. The van der Waals surface area contributed by atoms with E-state index in [0.29, 0.717) is 31.2 Å². The van der Waals surface area contributed by atoms with Gasteiger partial charge in [-0.3, -0.25) is 4.79 Å². The van der Waals surface area contributed by atoms with Gasteiger partial charge in [-0.25, -0.2) is 0 Å². The molecule has 1 saturated carbocycles. The van der Waals surface area contributed by atoms with E-state index in [4.69, 9.17) is 9.26 Å². The molecule has 138 valence electrons. The molecule has 2 aliphatic rings. The van der Waals surface area contributed by atoms with Crippen molar-refractivity contribution in [3.05, 3.63) is 47.6 Å². The molecule has 6 nitrogen and oxygen atoms in total. The van der Waals surface area contributed by atoms with Crippen LogP contribution in [-0.2, 0) is 22.4 Å². The van der Waals surface area contributed by atoms with Gasteiger partial charge < -0.3 is 14.2 Å². The second kappa shape index (κ2) is 7.99. The molecule has 1 atom stereocenters. The van der Waals surface area contributed by atoms with Crippen molar-refractivity contribution in [3.63, 3.8) is 0 Å². The maximum Gasteiger partial charge on any atom is 0.249 e. The van der Waals surface area contributed by atoms with Gasteiger partial charge in [-0.05, 0) is 37.2 Å². The maximum atomic E-state index is 12.7. The molecule has 2 fully saturated rings. The molecule has 1 amide bonds. The van der Waals surface area contributed by atoms with Crippen LogP contribution in [0.2, 0.25) is 0 Å². The van der Waals surface area contributed by atoms with Gasteiger partial charge in [0, 0.05) is 19.6 Å². The van der Waals surface area contributed by atoms with Crippen LogP contribution >= 0.6 is 0 Å². The highest BCUT2D eigenvalue weighted by atomic mass is 16.5. The van der Waals surface area contributed by atoms with E-state index in [0.717, 1.165) is 37.5 Å². The third-order valence-electron chi connectivity index (χ3n) is 5.06. The van der Waals surface area contributed by atoms with Crippen LogP contribution in [0.5, 0.6) is 0 Å². The molecule has 1 aromatic carbocycles. The van der Waals surface area contributed by atoms with E-state index >= 15 is 0 Å². The number of carbonyl (C=O) groups is 1. The number of aromatic nitrogens is 2. The maximum absolute atomic E-state index is 12.7. The molecule has 1 aliphatic carbocycles. The quantitative estimate of drug-likeness (QED) is 0.681. The van der Waals surface area contributed by atoms with E-state index in [1.807, 2.05) is 35.2 Å². The third kappa shape index (κ3) is 4.30. The Bertz CT molecular complexity index is 727. The first-order valence-corrected chi connectivity index (χ1v) is 9.53. The number of ether oxygens (including phenoxy) is 1. The Kier molecular flexibility index (Phi) is 5.29. The highest BCUT2D eigenvalue weighted by molar-refractivity contribution is 5.79. The zero-order chi connectivity index (χ0) is 17.8. The summed E-state index contributed by atoms with van der Waals surface area (Å²) in [4.78, 5) is 19.1. The van der Waals surface area contributed by atoms with Crippen LogP contribution in [0.4, 0.5) is 0 Å². The molecule has 2 aromatic rings. The lowest BCUT2D eigenvalue weighted by Gasteiger charge is -2.21. The van der Waals surface area contributed by atoms with Gasteiger partial charge in [0.25, 0.3) is 0 Å². The number of benzene rings is 1. The van der Waals surface area contributed by atoms with Crippen LogP contribution in [0.15, 0.2) is 34.9 Å². The lowest BCUT2D eigenvalue weighted by Crippen LogP contribution is -2.32. The van der Waals surface area contributed by atoms with Gasteiger partial charge in [-0.2, -0.15) is 4.98 Å². The topological polar surface area (TPSA) is 68.5 Å². The zero-order valence-corrected chi connectivity index (χ0v) is 15.0. The van der Waals surface area contributed by atoms with Crippen molar-refractivity contribution < 1.29 is 14.1 Å². The van der Waals surface area contributed by atoms with E-state index in [1.165, 1.54) is 12.8 Å². The van der Waals surface area contributed by atoms with Crippen molar-refractivity contribution in [1.82, 2.24) is 15.0 Å². The van der Waals surface area contributed by atoms with Gasteiger partial charge in [0.05, 0.1) is 13.0 Å². The molecule has 6 heteroatoms. The fraction of sp³-hybridized carbons (Fsp3) is 0.550. The molecule has 0 spiro atoms. The highest BCUT2D eigenvalue weighted by Gasteiger charge is 2.33. The van der Waals surface area contributed by atoms with E-state index < -0.39 is 0 Å². The first-order chi connectivity index (χ1) is 12.8. The van der Waals surface area contributed by atoms with Gasteiger partial charge in [-0.1, -0.05) is 35.5 Å². The van der Waals surface area contributed by atoms with Gasteiger partial charge >= 0.3 is 0 Å². The van der Waals surface area contributed by atoms with Crippen LogP contribution < -0.4 is 0 Å². The molecule has 0 N–H and O–H groups in total. The van der Waals surface area contributed by atoms with Crippen molar-refractivity contribution >= 4 is 5.91 Å². The fourth-order valence-electron chi connectivity index (χ4n) is 3.40. The minimum Gasteiger partial charge on any atom is -0.381 e. The molecule has 1 saturated heterocycles. The first kappa shape index (κ1) is 17.2. The molecular formula is C20H25N3O3. The Morgan fingerprint density at radius 3 is 2.88 bits per heavy atom. The normalized spacial score (nSPS) is 19.8. The summed E-state index contributed by atoms with van der Waals surface area (Å²) in [5, 5.41) is 4.07. The van der Waals surface area contributed by atoms with E-state index in [2.05, 4.69) is 10.1 Å². The lowest BCUT2D eigenvalue weighted by molar-refractivity contribution is -0.131. The molecule has 26 heavy (non-hydrogen) atoms. The summed E-state index contributed by atoms with van der Waals surface area (Å²) in [7, 11) is 0. The second-order valence-corrected chi connectivity index (χ2v) is 7.22. The standard InChI is InChI=1S/C20H25N3O3/c24-19(13-15-5-2-1-3-6-15)23-11-4-7-17(23)20-21-18(22-26-20)10-12-25-14-16-8-9-16/h1-3,5-6,16-17H,4,7-14H2. The SMILES string of the molecule is O=C(Cc1ccccc1)N1CCCC1c1nc(CCOCC2CC2)no1. The Balaban J connectivity index is 1.33. The number of hydrogen-bond acceptors (Lipinski definition) is 5. The van der Waals surface area contributed by atoms with Crippen LogP contribution in [0.25, 0.3) is 0 Å². The number of nitrogens with zero attached hydrogens (tertiary/aromatic N) is 3. The minimum atomic E-state index is -0.0974. The Morgan fingerprint density at radius 2 is 2.08 bits per heavy atom. The van der Waals surface area contributed by atoms with Crippen LogP contribution in [0.3, 0.4) is 0 Å². The molecule has 1 unspecified atom stereocenters. The predicted octanol–water partition coefficient (Wildman–Crippen LogP) is 2.94. The van der Waals surface area contributed by atoms with Crippen LogP contribution in [0.1, 0.15) is 49.0 Å². The number of likely N-dealkylation sites (tertiary alicyclic amines) is 1. The summed E-state index contributed by atoms with van der Waals surface area (Å²) in [5.41, 5.74) is 1.03. The van der Waals surface area contributed by atoms with Crippen LogP contribution in [-0.4, -0.2) is 40.7 Å². The summed E-state index contributed by atoms with van der Waals surface area (Å²) < 4.78 is 11.1. The average molecular weight is 355 g/mol. The molecular weight excluding hydrogens is 330 g/mol. The summed E-state index contributed by atoms with van der Waals surface area (Å²) in [6.45, 7) is 2.21. The summed E-state index contributed by atoms with van der Waals surface area (Å²) in [5.74, 6) is 2.10. The zero-order valence-electron chi connectivity index (χ0n) is 15.0. The molecule has 0 bridgehead atoms. The van der Waals surface area contributed by atoms with Gasteiger partial charge in [0.15, 0.2) is 5.82 Å². The predicted molar refractivity (Wildman–Crippen MR) is 95.4 cm³/mol. The molecule has 0 radical (unpaired) electrons. The molecule has 1 aromatic heterocycles.